The van der Waals surface area contributed by atoms with Crippen LogP contribution in [-0.2, 0) is 4.79 Å². The summed E-state index contributed by atoms with van der Waals surface area (Å²) in [4.78, 5) is 39.9. The standard InChI is InChI=1S/C17H14N4O3/c1-11-10-15(22)21(20-11)17(24)12-5-7-13(8-6-12)19-16(23)14-4-2-3-9-18-14/h2-9H,10H2,1H3,(H,19,23). The molecule has 7 heteroatoms. The molecule has 2 heterocycles. The molecule has 0 aliphatic carbocycles. The number of hydrogen-bond donors (Lipinski definition) is 1. The van der Waals surface area contributed by atoms with Gasteiger partial charge in [0.25, 0.3) is 17.7 Å². The van der Waals surface area contributed by atoms with E-state index in [0.717, 1.165) is 5.01 Å². The average molecular weight is 322 g/mol. The minimum absolute atomic E-state index is 0.157. The van der Waals surface area contributed by atoms with Gasteiger partial charge in [-0.3, -0.25) is 19.4 Å². The van der Waals surface area contributed by atoms with Gasteiger partial charge in [0.1, 0.15) is 5.69 Å². The number of pyridine rings is 1. The van der Waals surface area contributed by atoms with E-state index in [2.05, 4.69) is 15.4 Å². The van der Waals surface area contributed by atoms with Crippen molar-refractivity contribution in [1.82, 2.24) is 9.99 Å². The van der Waals surface area contributed by atoms with Crippen molar-refractivity contribution in [3.05, 3.63) is 59.9 Å². The largest absolute Gasteiger partial charge is 0.321 e. The first-order chi connectivity index (χ1) is 11.5. The molecule has 7 nitrogen and oxygen atoms in total. The van der Waals surface area contributed by atoms with Crippen molar-refractivity contribution in [3.63, 3.8) is 0 Å². The number of anilines is 1. The molecule has 0 atom stereocenters. The van der Waals surface area contributed by atoms with Crippen LogP contribution in [0.5, 0.6) is 0 Å². The normalized spacial score (nSPS) is 13.6. The fourth-order valence-electron chi connectivity index (χ4n) is 2.22. The summed E-state index contributed by atoms with van der Waals surface area (Å²) in [6.07, 6.45) is 1.69. The van der Waals surface area contributed by atoms with Crippen LogP contribution in [0, 0.1) is 0 Å². The number of benzene rings is 1. The van der Waals surface area contributed by atoms with Gasteiger partial charge in [-0.1, -0.05) is 6.07 Å². The quantitative estimate of drug-likeness (QED) is 0.876. The van der Waals surface area contributed by atoms with Gasteiger partial charge < -0.3 is 5.32 Å². The predicted octanol–water partition coefficient (Wildman–Crippen LogP) is 2.08. The first-order valence-electron chi connectivity index (χ1n) is 7.28. The number of rotatable bonds is 3. The van der Waals surface area contributed by atoms with Gasteiger partial charge in [-0.05, 0) is 43.3 Å². The molecule has 1 aliphatic heterocycles. The number of amides is 3. The Labute approximate surface area is 138 Å². The lowest BCUT2D eigenvalue weighted by molar-refractivity contribution is -0.126. The van der Waals surface area contributed by atoms with Crippen molar-refractivity contribution >= 4 is 29.1 Å². The van der Waals surface area contributed by atoms with Gasteiger partial charge >= 0.3 is 0 Å². The van der Waals surface area contributed by atoms with Crippen LogP contribution >= 0.6 is 0 Å². The van der Waals surface area contributed by atoms with Crippen LogP contribution < -0.4 is 5.32 Å². The zero-order valence-electron chi connectivity index (χ0n) is 12.9. The third-order valence-corrected chi connectivity index (χ3v) is 3.39. The summed E-state index contributed by atoms with van der Waals surface area (Å²) < 4.78 is 0. The van der Waals surface area contributed by atoms with Crippen LogP contribution in [0.15, 0.2) is 53.8 Å². The SMILES string of the molecule is CC1=NN(C(=O)c2ccc(NC(=O)c3ccccn3)cc2)C(=O)C1. The third-order valence-electron chi connectivity index (χ3n) is 3.39. The summed E-state index contributed by atoms with van der Waals surface area (Å²) >= 11 is 0. The van der Waals surface area contributed by atoms with Crippen molar-refractivity contribution in [1.29, 1.82) is 0 Å². The first kappa shape index (κ1) is 15.5. The molecule has 3 rings (SSSR count). The smallest absolute Gasteiger partial charge is 0.281 e. The molecule has 1 aromatic heterocycles. The molecule has 0 unspecified atom stereocenters. The predicted molar refractivity (Wildman–Crippen MR) is 87.5 cm³/mol. The minimum atomic E-state index is -0.487. The van der Waals surface area contributed by atoms with Crippen LogP contribution in [0.25, 0.3) is 0 Å². The van der Waals surface area contributed by atoms with E-state index in [1.54, 1.807) is 37.3 Å². The Morgan fingerprint density at radius 1 is 1.12 bits per heavy atom. The van der Waals surface area contributed by atoms with Crippen LogP contribution in [0.3, 0.4) is 0 Å². The Morgan fingerprint density at radius 2 is 1.88 bits per heavy atom. The van der Waals surface area contributed by atoms with Crippen molar-refractivity contribution in [2.45, 2.75) is 13.3 Å². The molecule has 0 radical (unpaired) electrons. The topological polar surface area (TPSA) is 91.7 Å². The average Bonchev–Trinajstić information content (AvgIpc) is 2.94. The summed E-state index contributed by atoms with van der Waals surface area (Å²) in [5, 5.41) is 7.49. The van der Waals surface area contributed by atoms with Crippen LogP contribution in [0.2, 0.25) is 0 Å². The van der Waals surface area contributed by atoms with E-state index in [1.807, 2.05) is 0 Å². The highest BCUT2D eigenvalue weighted by Gasteiger charge is 2.28. The Bertz CT molecular complexity index is 829. The maximum Gasteiger partial charge on any atom is 0.281 e. The van der Waals surface area contributed by atoms with E-state index in [-0.39, 0.29) is 18.2 Å². The number of aromatic nitrogens is 1. The molecule has 3 amide bonds. The number of carbonyl (C=O) groups is 3. The molecule has 0 saturated heterocycles. The third kappa shape index (κ3) is 3.19. The molecule has 0 fully saturated rings. The lowest BCUT2D eigenvalue weighted by atomic mass is 10.2. The van der Waals surface area contributed by atoms with Crippen molar-refractivity contribution in [3.8, 4) is 0 Å². The molecule has 120 valence electrons. The zero-order chi connectivity index (χ0) is 17.1. The van der Waals surface area contributed by atoms with E-state index >= 15 is 0 Å². The molecule has 0 saturated carbocycles. The Morgan fingerprint density at radius 3 is 2.46 bits per heavy atom. The van der Waals surface area contributed by atoms with Crippen LogP contribution in [0.1, 0.15) is 34.2 Å². The van der Waals surface area contributed by atoms with Gasteiger partial charge in [-0.25, -0.2) is 0 Å². The molecular formula is C17H14N4O3. The van der Waals surface area contributed by atoms with Gasteiger partial charge in [-0.2, -0.15) is 10.1 Å². The highest BCUT2D eigenvalue weighted by Crippen LogP contribution is 2.16. The summed E-state index contributed by atoms with van der Waals surface area (Å²) in [7, 11) is 0. The van der Waals surface area contributed by atoms with Crippen molar-refractivity contribution in [2.24, 2.45) is 5.10 Å². The Hall–Kier alpha value is -3.35. The summed E-state index contributed by atoms with van der Waals surface area (Å²) in [6, 6.07) is 11.3. The monoisotopic (exact) mass is 322 g/mol. The summed E-state index contributed by atoms with van der Waals surface area (Å²) in [5.41, 5.74) is 1.74. The molecule has 1 aliphatic rings. The van der Waals surface area contributed by atoms with E-state index in [0.29, 0.717) is 22.7 Å². The van der Waals surface area contributed by atoms with E-state index in [9.17, 15) is 14.4 Å². The van der Waals surface area contributed by atoms with Crippen molar-refractivity contribution in [2.75, 3.05) is 5.32 Å². The van der Waals surface area contributed by atoms with Gasteiger partial charge in [0.2, 0.25) is 0 Å². The summed E-state index contributed by atoms with van der Waals surface area (Å²) in [5.74, 6) is -1.17. The van der Waals surface area contributed by atoms with Crippen LogP contribution in [0.4, 0.5) is 5.69 Å². The maximum atomic E-state index is 12.3. The molecule has 1 aromatic carbocycles. The first-order valence-corrected chi connectivity index (χ1v) is 7.28. The lowest BCUT2D eigenvalue weighted by Crippen LogP contribution is -2.28. The molecule has 24 heavy (non-hydrogen) atoms. The molecule has 2 aromatic rings. The molecular weight excluding hydrogens is 308 g/mol. The second-order valence-electron chi connectivity index (χ2n) is 5.27. The number of carbonyl (C=O) groups excluding carboxylic acids is 3. The fourth-order valence-corrected chi connectivity index (χ4v) is 2.22. The number of nitrogens with one attached hydrogen (secondary N) is 1. The van der Waals surface area contributed by atoms with E-state index in [1.165, 1.54) is 18.3 Å². The van der Waals surface area contributed by atoms with E-state index in [4.69, 9.17) is 0 Å². The number of nitrogens with zero attached hydrogens (tertiary/aromatic N) is 3. The number of hydrazone groups is 1. The Kier molecular flexibility index (Phi) is 4.15. The highest BCUT2D eigenvalue weighted by molar-refractivity contribution is 6.14. The lowest BCUT2D eigenvalue weighted by Gasteiger charge is -2.10. The molecule has 0 bridgehead atoms. The fraction of sp³-hybridized carbons (Fsp3) is 0.118. The number of imide groups is 1. The second kappa shape index (κ2) is 6.41. The second-order valence-corrected chi connectivity index (χ2v) is 5.27. The van der Waals surface area contributed by atoms with Crippen molar-refractivity contribution < 1.29 is 14.4 Å². The van der Waals surface area contributed by atoms with Gasteiger partial charge in [0.05, 0.1) is 6.42 Å². The Balaban J connectivity index is 1.71. The molecule has 1 N–H and O–H groups in total. The summed E-state index contributed by atoms with van der Waals surface area (Å²) in [6.45, 7) is 1.70. The maximum absolute atomic E-state index is 12.3. The van der Waals surface area contributed by atoms with E-state index < -0.39 is 5.91 Å². The van der Waals surface area contributed by atoms with Gasteiger partial charge in [-0.15, -0.1) is 0 Å². The van der Waals surface area contributed by atoms with Gasteiger partial charge in [0.15, 0.2) is 0 Å². The minimum Gasteiger partial charge on any atom is -0.321 e. The zero-order valence-corrected chi connectivity index (χ0v) is 12.9. The molecule has 0 spiro atoms. The highest BCUT2D eigenvalue weighted by atomic mass is 16.2. The van der Waals surface area contributed by atoms with Crippen LogP contribution in [-0.4, -0.2) is 33.4 Å². The number of hydrogen-bond acceptors (Lipinski definition) is 5. The van der Waals surface area contributed by atoms with Gasteiger partial charge in [0, 0.05) is 23.2 Å².